The molecule has 0 saturated carbocycles. The largest absolute Gasteiger partial charge is 0.299 e. The molecule has 0 bridgehead atoms. The third kappa shape index (κ3) is 3.59. The highest BCUT2D eigenvalue weighted by Crippen LogP contribution is 2.26. The highest BCUT2D eigenvalue weighted by Gasteiger charge is 2.27. The van der Waals surface area contributed by atoms with Crippen molar-refractivity contribution in [1.82, 2.24) is 25.7 Å². The van der Waals surface area contributed by atoms with Crippen LogP contribution in [0.5, 0.6) is 0 Å². The Hall–Kier alpha value is -1.55. The van der Waals surface area contributed by atoms with E-state index in [1.54, 1.807) is 12.5 Å². The molecule has 10 heteroatoms. The van der Waals surface area contributed by atoms with Gasteiger partial charge >= 0.3 is 0 Å². The van der Waals surface area contributed by atoms with E-state index in [1.165, 1.54) is 11.8 Å². The van der Waals surface area contributed by atoms with Crippen LogP contribution < -0.4 is 10.9 Å². The molecule has 24 heavy (non-hydrogen) atoms. The highest BCUT2D eigenvalue weighted by molar-refractivity contribution is 7.98. The molecule has 0 spiro atoms. The van der Waals surface area contributed by atoms with Crippen molar-refractivity contribution < 1.29 is 8.78 Å². The number of thioether (sulfide) groups is 1. The van der Waals surface area contributed by atoms with Gasteiger partial charge in [-0.2, -0.15) is 9.78 Å². The molecular formula is C14H15ClF2N6S. The van der Waals surface area contributed by atoms with Crippen LogP contribution in [0, 0.1) is 5.92 Å². The van der Waals surface area contributed by atoms with Gasteiger partial charge in [-0.15, -0.1) is 10.2 Å². The average Bonchev–Trinajstić information content (AvgIpc) is 3.19. The van der Waals surface area contributed by atoms with Crippen molar-refractivity contribution in [3.8, 4) is 0 Å². The van der Waals surface area contributed by atoms with Crippen LogP contribution in [0.2, 0.25) is 5.02 Å². The predicted octanol–water partition coefficient (Wildman–Crippen LogP) is 2.89. The van der Waals surface area contributed by atoms with Gasteiger partial charge in [0.1, 0.15) is 0 Å². The van der Waals surface area contributed by atoms with Gasteiger partial charge in [-0.1, -0.05) is 35.5 Å². The molecule has 6 nitrogen and oxygen atoms in total. The molecule has 0 radical (unpaired) electrons. The Labute approximate surface area is 146 Å². The molecule has 1 fully saturated rings. The fraction of sp³-hybridized carbons (Fsp3) is 0.357. The second-order valence-corrected chi connectivity index (χ2v) is 6.35. The van der Waals surface area contributed by atoms with E-state index in [9.17, 15) is 8.78 Å². The number of hydrogen-bond donors (Lipinski definition) is 2. The SMILES string of the molecule is CSc1nnc(C(F)F)n1/N=C/C1CNNC1c1ccc(Cl)cc1. The number of aromatic nitrogens is 3. The predicted molar refractivity (Wildman–Crippen MR) is 89.5 cm³/mol. The van der Waals surface area contributed by atoms with E-state index in [0.717, 1.165) is 10.2 Å². The molecule has 1 aromatic carbocycles. The summed E-state index contributed by atoms with van der Waals surface area (Å²) in [5.74, 6) is -0.480. The lowest BCUT2D eigenvalue weighted by Gasteiger charge is -2.15. The third-order valence-corrected chi connectivity index (χ3v) is 4.51. The van der Waals surface area contributed by atoms with Crippen LogP contribution in [0.3, 0.4) is 0 Å². The van der Waals surface area contributed by atoms with E-state index < -0.39 is 12.2 Å². The van der Waals surface area contributed by atoms with Gasteiger partial charge in [0.05, 0.1) is 6.04 Å². The minimum absolute atomic E-state index is 0.0196. The van der Waals surface area contributed by atoms with Crippen molar-refractivity contribution in [3.05, 3.63) is 40.7 Å². The first-order chi connectivity index (χ1) is 11.6. The number of benzene rings is 1. The number of rotatable bonds is 5. The summed E-state index contributed by atoms with van der Waals surface area (Å²) < 4.78 is 27.1. The molecule has 2 N–H and O–H groups in total. The average molecular weight is 373 g/mol. The maximum Gasteiger partial charge on any atom is 0.299 e. The number of hydrogen-bond acceptors (Lipinski definition) is 6. The molecule has 1 aliphatic heterocycles. The van der Waals surface area contributed by atoms with E-state index in [-0.39, 0.29) is 12.0 Å². The number of hydrazine groups is 1. The lowest BCUT2D eigenvalue weighted by molar-refractivity contribution is 0.135. The number of alkyl halides is 2. The van der Waals surface area contributed by atoms with Crippen molar-refractivity contribution in [2.45, 2.75) is 17.6 Å². The molecule has 2 aromatic rings. The van der Waals surface area contributed by atoms with Crippen LogP contribution in [-0.4, -0.2) is 33.9 Å². The fourth-order valence-electron chi connectivity index (χ4n) is 2.45. The van der Waals surface area contributed by atoms with E-state index in [2.05, 4.69) is 26.2 Å². The van der Waals surface area contributed by atoms with Crippen LogP contribution >= 0.6 is 23.4 Å². The summed E-state index contributed by atoms with van der Waals surface area (Å²) in [6.07, 6.45) is 0.643. The zero-order chi connectivity index (χ0) is 17.1. The molecule has 1 aliphatic rings. The standard InChI is InChI=1S/C14H15ClF2N6S/c1-24-14-22-21-13(12(16)17)23(14)19-7-9-6-18-20-11(9)8-2-4-10(15)5-3-8/h2-5,7,9,11-12,18,20H,6H2,1H3/b19-7+. The highest BCUT2D eigenvalue weighted by atomic mass is 35.5. The topological polar surface area (TPSA) is 67.1 Å². The van der Waals surface area contributed by atoms with E-state index in [4.69, 9.17) is 11.6 Å². The van der Waals surface area contributed by atoms with Crippen LogP contribution in [0.1, 0.15) is 23.9 Å². The third-order valence-electron chi connectivity index (χ3n) is 3.64. The van der Waals surface area contributed by atoms with Crippen molar-refractivity contribution in [2.24, 2.45) is 11.0 Å². The van der Waals surface area contributed by atoms with Crippen molar-refractivity contribution in [1.29, 1.82) is 0 Å². The summed E-state index contributed by atoms with van der Waals surface area (Å²) in [5, 5.41) is 12.4. The van der Waals surface area contributed by atoms with Crippen molar-refractivity contribution in [3.63, 3.8) is 0 Å². The normalized spacial score (nSPS) is 21.2. The van der Waals surface area contributed by atoms with Gasteiger partial charge in [-0.05, 0) is 24.0 Å². The maximum absolute atomic E-state index is 13.0. The van der Waals surface area contributed by atoms with Gasteiger partial charge in [0.25, 0.3) is 6.43 Å². The van der Waals surface area contributed by atoms with Gasteiger partial charge in [-0.3, -0.25) is 5.43 Å². The summed E-state index contributed by atoms with van der Waals surface area (Å²) in [7, 11) is 0. The van der Waals surface area contributed by atoms with Crippen molar-refractivity contribution >= 4 is 29.6 Å². The second kappa shape index (κ2) is 7.56. The molecule has 2 unspecified atom stereocenters. The molecule has 0 amide bonds. The summed E-state index contributed by atoms with van der Waals surface area (Å²) in [6, 6.07) is 7.43. The fourth-order valence-corrected chi connectivity index (χ4v) is 3.01. The summed E-state index contributed by atoms with van der Waals surface area (Å²) in [5.41, 5.74) is 7.26. The molecular weight excluding hydrogens is 358 g/mol. The summed E-state index contributed by atoms with van der Waals surface area (Å²) in [6.45, 7) is 0.623. The van der Waals surface area contributed by atoms with Crippen LogP contribution in [0.15, 0.2) is 34.5 Å². The Bertz CT molecular complexity index is 721. The first-order valence-electron chi connectivity index (χ1n) is 7.16. The Morgan fingerprint density at radius 2 is 2.12 bits per heavy atom. The summed E-state index contributed by atoms with van der Waals surface area (Å²) >= 11 is 7.12. The zero-order valence-corrected chi connectivity index (χ0v) is 14.2. The van der Waals surface area contributed by atoms with Gasteiger partial charge in [-0.25, -0.2) is 14.2 Å². The van der Waals surface area contributed by atoms with Gasteiger partial charge in [0.15, 0.2) is 0 Å². The molecule has 2 atom stereocenters. The minimum Gasteiger partial charge on any atom is -0.257 e. The van der Waals surface area contributed by atoms with Crippen LogP contribution in [0.25, 0.3) is 0 Å². The number of nitrogens with one attached hydrogen (secondary N) is 2. The molecule has 1 aromatic heterocycles. The van der Waals surface area contributed by atoms with Crippen molar-refractivity contribution in [2.75, 3.05) is 12.8 Å². The smallest absolute Gasteiger partial charge is 0.257 e. The lowest BCUT2D eigenvalue weighted by atomic mass is 9.96. The van der Waals surface area contributed by atoms with E-state index >= 15 is 0 Å². The molecule has 2 heterocycles. The quantitative estimate of drug-likeness (QED) is 0.624. The van der Waals surface area contributed by atoms with Crippen LogP contribution in [-0.2, 0) is 0 Å². The Balaban J connectivity index is 1.83. The molecule has 1 saturated heterocycles. The first kappa shape index (κ1) is 17.3. The minimum atomic E-state index is -2.73. The summed E-state index contributed by atoms with van der Waals surface area (Å²) in [4.78, 5) is 0. The zero-order valence-electron chi connectivity index (χ0n) is 12.7. The van der Waals surface area contributed by atoms with Gasteiger partial charge < -0.3 is 0 Å². The second-order valence-electron chi connectivity index (χ2n) is 5.14. The van der Waals surface area contributed by atoms with E-state index in [0.29, 0.717) is 16.7 Å². The maximum atomic E-state index is 13.0. The molecule has 3 rings (SSSR count). The monoisotopic (exact) mass is 372 g/mol. The first-order valence-corrected chi connectivity index (χ1v) is 8.76. The molecule has 128 valence electrons. The Kier molecular flexibility index (Phi) is 5.44. The molecule has 0 aliphatic carbocycles. The number of nitrogens with zero attached hydrogens (tertiary/aromatic N) is 4. The Morgan fingerprint density at radius 3 is 2.79 bits per heavy atom. The van der Waals surface area contributed by atoms with Crippen LogP contribution in [0.4, 0.5) is 8.78 Å². The van der Waals surface area contributed by atoms with E-state index in [1.807, 2.05) is 24.3 Å². The number of halogens is 3. The van der Waals surface area contributed by atoms with Gasteiger partial charge in [0, 0.05) is 23.7 Å². The van der Waals surface area contributed by atoms with Gasteiger partial charge in [0.2, 0.25) is 11.0 Å². The Morgan fingerprint density at radius 1 is 1.38 bits per heavy atom. The lowest BCUT2D eigenvalue weighted by Crippen LogP contribution is -2.25.